The largest absolute Gasteiger partial charge is 0.310 e. The lowest BCUT2D eigenvalue weighted by Crippen LogP contribution is -2.61. The third-order valence-corrected chi connectivity index (χ3v) is 25.5. The molecule has 5 aliphatic carbocycles. The minimum absolute atomic E-state index is 0.00509. The van der Waals surface area contributed by atoms with Gasteiger partial charge < -0.3 is 9.13 Å². The summed E-state index contributed by atoms with van der Waals surface area (Å²) in [5.74, 6) is 0. The molecule has 8 aliphatic rings. The minimum Gasteiger partial charge on any atom is -0.310 e. The van der Waals surface area contributed by atoms with E-state index in [9.17, 15) is 0 Å². The number of hydrogen-bond donors (Lipinski definition) is 0. The molecule has 0 fully saturated rings. The Morgan fingerprint density at radius 3 is 1.40 bits per heavy atom. The molecule has 10 aromatic rings. The topological polar surface area (TPSA) is 9.86 Å². The number of rotatable bonds is 2. The fourth-order valence-corrected chi connectivity index (χ4v) is 20.4. The molecule has 1 spiro atoms. The van der Waals surface area contributed by atoms with Gasteiger partial charge in [-0.05, 0) is 212 Å². The fraction of sp³-hybridized carbons (Fsp3) is 0.398. The van der Waals surface area contributed by atoms with Crippen molar-refractivity contribution in [3.63, 3.8) is 0 Å². The smallest absolute Gasteiger partial charge is 0.252 e. The third kappa shape index (κ3) is 6.04. The summed E-state index contributed by atoms with van der Waals surface area (Å²) >= 11 is 0. The zero-order chi connectivity index (χ0) is 59.5. The molecule has 0 bridgehead atoms. The van der Waals surface area contributed by atoms with Crippen LogP contribution in [0.15, 0.2) is 127 Å². The van der Waals surface area contributed by atoms with Gasteiger partial charge in [-0.25, -0.2) is 0 Å². The van der Waals surface area contributed by atoms with Crippen molar-refractivity contribution in [2.24, 2.45) is 0 Å². The molecule has 0 amide bonds. The van der Waals surface area contributed by atoms with E-state index in [4.69, 9.17) is 0 Å². The minimum atomic E-state index is -0.568. The van der Waals surface area contributed by atoms with Crippen LogP contribution in [0.2, 0.25) is 0 Å². The van der Waals surface area contributed by atoms with Crippen molar-refractivity contribution in [3.05, 3.63) is 194 Å². The molecule has 8 aromatic carbocycles. The van der Waals surface area contributed by atoms with Gasteiger partial charge in [0.15, 0.2) is 0 Å². The van der Waals surface area contributed by atoms with E-state index in [1.165, 1.54) is 160 Å². The van der Waals surface area contributed by atoms with Crippen LogP contribution in [0.5, 0.6) is 0 Å². The van der Waals surface area contributed by atoms with Gasteiger partial charge in [-0.1, -0.05) is 226 Å². The molecule has 2 nitrogen and oxygen atoms in total. The lowest BCUT2D eigenvalue weighted by molar-refractivity contribution is 0.332. The van der Waals surface area contributed by atoms with Crippen LogP contribution in [0.1, 0.15) is 229 Å². The average Bonchev–Trinajstić information content (AvgIpc) is 1.42. The van der Waals surface area contributed by atoms with Gasteiger partial charge >= 0.3 is 0 Å². The van der Waals surface area contributed by atoms with Crippen molar-refractivity contribution < 1.29 is 0 Å². The van der Waals surface area contributed by atoms with E-state index in [0.717, 1.165) is 19.3 Å². The Morgan fingerprint density at radius 1 is 0.337 bits per heavy atom. The predicted molar refractivity (Wildman–Crippen MR) is 365 cm³/mol. The van der Waals surface area contributed by atoms with Crippen LogP contribution in [-0.4, -0.2) is 15.8 Å². The summed E-state index contributed by atoms with van der Waals surface area (Å²) < 4.78 is 5.80. The summed E-state index contributed by atoms with van der Waals surface area (Å²) in [5.41, 5.74) is 37.4. The molecule has 2 aromatic heterocycles. The van der Waals surface area contributed by atoms with Crippen molar-refractivity contribution >= 4 is 55.8 Å². The SMILES string of the molecule is CC1(C)CCC(C)(C)c2cc(-c3c(-c4ccc5c(c4)C(C)(C)CCC5(C)C)n4c5c(cccc35)B3c5c-4ccc4c5-n5c6c3cc3c(c6c6c7c(cc(c65)C45c4ccccc4-c4ccccc45)C(C)(C)CCC7(C)C)C(C)(C)CCC3(C)C)ccc21. The molecule has 0 unspecified atom stereocenters. The monoisotopic (exact) mass is 1120 g/mol. The zero-order valence-corrected chi connectivity index (χ0v) is 54.3. The molecular weight excluding hydrogens is 1040 g/mol. The van der Waals surface area contributed by atoms with E-state index >= 15 is 0 Å². The second kappa shape index (κ2) is 15.7. The van der Waals surface area contributed by atoms with E-state index < -0.39 is 5.41 Å². The van der Waals surface area contributed by atoms with Crippen LogP contribution in [-0.2, 0) is 48.7 Å². The van der Waals surface area contributed by atoms with Crippen LogP contribution in [0.3, 0.4) is 0 Å². The standard InChI is InChI=1S/C83H85BN2/c1-75(2)34-36-77(5,6)56-42-46(28-30-53(56)75)64-50-24-21-27-61-71(50)85(70(64)47-29-31-54-57(43-47)78(7,8)37-35-76(54,3)4)63-33-32-55-73-69(63)84(61)62-45-59-68(82(15,16)41-39-80(59,11)12)66-65-67-58(79(9,10)38-40-81(67,13)14)44-60(72(65)86(73)74(62)66)83(55)51-25-19-17-22-48(51)49-23-18-20-26-52(49)83/h17-33,42-45H,34-41H2,1-16H3. The number of para-hydroxylation sites is 1. The van der Waals surface area contributed by atoms with Crippen molar-refractivity contribution in [1.82, 2.24) is 9.13 Å². The Bertz CT molecular complexity index is 4790. The van der Waals surface area contributed by atoms with Crippen LogP contribution in [0.4, 0.5) is 0 Å². The first-order valence-corrected chi connectivity index (χ1v) is 33.2. The highest BCUT2D eigenvalue weighted by Crippen LogP contribution is 2.66. The summed E-state index contributed by atoms with van der Waals surface area (Å²) in [5, 5.41) is 4.47. The number of hydrogen-bond acceptors (Lipinski definition) is 0. The summed E-state index contributed by atoms with van der Waals surface area (Å²) in [6, 6.07) is 53.2. The molecule has 0 saturated heterocycles. The second-order valence-electron chi connectivity index (χ2n) is 34.1. The van der Waals surface area contributed by atoms with Gasteiger partial charge in [-0.3, -0.25) is 0 Å². The quantitative estimate of drug-likeness (QED) is 0.153. The molecular formula is C83H85BN2. The van der Waals surface area contributed by atoms with Crippen LogP contribution in [0, 0.1) is 0 Å². The maximum Gasteiger partial charge on any atom is 0.252 e. The van der Waals surface area contributed by atoms with Gasteiger partial charge in [0.25, 0.3) is 6.71 Å². The number of benzene rings is 8. The van der Waals surface area contributed by atoms with Gasteiger partial charge in [0.2, 0.25) is 0 Å². The lowest BCUT2D eigenvalue weighted by Gasteiger charge is -2.47. The van der Waals surface area contributed by atoms with E-state index in [0.29, 0.717) is 0 Å². The molecule has 5 heterocycles. The maximum absolute atomic E-state index is 2.96. The predicted octanol–water partition coefficient (Wildman–Crippen LogP) is 19.3. The number of fused-ring (bicyclic) bond motifs is 17. The van der Waals surface area contributed by atoms with Crippen molar-refractivity contribution in [2.45, 2.75) is 211 Å². The summed E-state index contributed by atoms with van der Waals surface area (Å²) in [7, 11) is 0. The molecule has 430 valence electrons. The maximum atomic E-state index is 2.96. The first-order valence-electron chi connectivity index (χ1n) is 33.2. The molecule has 86 heavy (non-hydrogen) atoms. The fourth-order valence-electron chi connectivity index (χ4n) is 20.4. The summed E-state index contributed by atoms with van der Waals surface area (Å²) in [6.07, 6.45) is 9.41. The van der Waals surface area contributed by atoms with Crippen molar-refractivity contribution in [3.8, 4) is 44.9 Å². The second-order valence-corrected chi connectivity index (χ2v) is 34.1. The molecule has 0 saturated carbocycles. The first-order chi connectivity index (χ1) is 40.6. The Hall–Kier alpha value is -6.84. The molecule has 18 rings (SSSR count). The highest BCUT2D eigenvalue weighted by atomic mass is 15.1. The van der Waals surface area contributed by atoms with E-state index in [2.05, 4.69) is 247 Å². The molecule has 3 heteroatoms. The normalized spacial score (nSPS) is 21.7. The lowest BCUT2D eigenvalue weighted by atomic mass is 9.33. The summed E-state index contributed by atoms with van der Waals surface area (Å²) in [6.45, 7) is 40.7. The average molecular weight is 1120 g/mol. The van der Waals surface area contributed by atoms with E-state index in [1.807, 2.05) is 0 Å². The molecule has 0 N–H and O–H groups in total. The van der Waals surface area contributed by atoms with Crippen molar-refractivity contribution in [2.75, 3.05) is 0 Å². The van der Waals surface area contributed by atoms with Gasteiger partial charge in [0, 0.05) is 44.1 Å². The molecule has 3 aliphatic heterocycles. The Kier molecular flexibility index (Phi) is 9.55. The van der Waals surface area contributed by atoms with Crippen molar-refractivity contribution in [1.29, 1.82) is 0 Å². The number of nitrogens with zero attached hydrogens (tertiary/aromatic N) is 2. The Labute approximate surface area is 511 Å². The van der Waals surface area contributed by atoms with E-state index in [1.54, 1.807) is 33.0 Å². The van der Waals surface area contributed by atoms with Crippen LogP contribution >= 0.6 is 0 Å². The zero-order valence-electron chi connectivity index (χ0n) is 54.3. The van der Waals surface area contributed by atoms with Crippen LogP contribution in [0.25, 0.3) is 77.6 Å². The Morgan fingerprint density at radius 2 is 0.814 bits per heavy atom. The molecule has 0 radical (unpaired) electrons. The first kappa shape index (κ1) is 52.3. The summed E-state index contributed by atoms with van der Waals surface area (Å²) in [4.78, 5) is 0. The van der Waals surface area contributed by atoms with Gasteiger partial charge in [-0.2, -0.15) is 0 Å². The van der Waals surface area contributed by atoms with Gasteiger partial charge in [-0.15, -0.1) is 0 Å². The highest BCUT2D eigenvalue weighted by molar-refractivity contribution is 7.00. The van der Waals surface area contributed by atoms with Crippen LogP contribution < -0.4 is 16.4 Å². The van der Waals surface area contributed by atoms with Gasteiger partial charge in [0.05, 0.1) is 16.6 Å². The van der Waals surface area contributed by atoms with Gasteiger partial charge in [0.1, 0.15) is 0 Å². The molecule has 0 atom stereocenters. The van der Waals surface area contributed by atoms with E-state index in [-0.39, 0.29) is 50.0 Å². The Balaban J connectivity index is 1.08. The highest BCUT2D eigenvalue weighted by Gasteiger charge is 2.57. The third-order valence-electron chi connectivity index (χ3n) is 25.5. The number of aromatic nitrogens is 2.